The lowest BCUT2D eigenvalue weighted by molar-refractivity contribution is 0.345. The molecule has 0 amide bonds. The highest BCUT2D eigenvalue weighted by Crippen LogP contribution is 2.34. The predicted molar refractivity (Wildman–Crippen MR) is 112 cm³/mol. The SMILES string of the molecule is Cc1cccc(-n2cc(CNc3cc(C4CC(N)C4)ncn3)cn2)c1.Cl.Cl. The fraction of sp³-hybridized carbons (Fsp3) is 0.316. The number of halogens is 2. The van der Waals surface area contributed by atoms with Gasteiger partial charge in [-0.1, -0.05) is 12.1 Å². The van der Waals surface area contributed by atoms with Gasteiger partial charge in [-0.25, -0.2) is 14.6 Å². The van der Waals surface area contributed by atoms with E-state index in [2.05, 4.69) is 45.5 Å². The molecule has 0 atom stereocenters. The number of benzene rings is 1. The van der Waals surface area contributed by atoms with Gasteiger partial charge in [0.2, 0.25) is 0 Å². The van der Waals surface area contributed by atoms with Gasteiger partial charge in [-0.15, -0.1) is 24.8 Å². The van der Waals surface area contributed by atoms with Gasteiger partial charge in [0, 0.05) is 42.0 Å². The highest BCUT2D eigenvalue weighted by Gasteiger charge is 2.28. The summed E-state index contributed by atoms with van der Waals surface area (Å²) >= 11 is 0. The van der Waals surface area contributed by atoms with E-state index in [0.717, 1.165) is 35.6 Å². The van der Waals surface area contributed by atoms with Crippen LogP contribution in [0.5, 0.6) is 0 Å². The lowest BCUT2D eigenvalue weighted by Crippen LogP contribution is -2.35. The molecule has 1 fully saturated rings. The zero-order chi connectivity index (χ0) is 17.2. The van der Waals surface area contributed by atoms with Gasteiger partial charge in [0.15, 0.2) is 0 Å². The van der Waals surface area contributed by atoms with Gasteiger partial charge in [0.1, 0.15) is 12.1 Å². The van der Waals surface area contributed by atoms with Gasteiger partial charge in [-0.3, -0.25) is 0 Å². The molecule has 144 valence electrons. The number of nitrogens with one attached hydrogen (secondary N) is 1. The molecular formula is C19H24Cl2N6. The van der Waals surface area contributed by atoms with Gasteiger partial charge in [-0.2, -0.15) is 5.10 Å². The Morgan fingerprint density at radius 2 is 2.00 bits per heavy atom. The van der Waals surface area contributed by atoms with Crippen LogP contribution in [0.1, 0.15) is 35.6 Å². The maximum atomic E-state index is 5.87. The van der Waals surface area contributed by atoms with E-state index in [1.54, 1.807) is 6.33 Å². The first-order valence-corrected chi connectivity index (χ1v) is 8.59. The van der Waals surface area contributed by atoms with Gasteiger partial charge in [0.05, 0.1) is 11.9 Å². The zero-order valence-electron chi connectivity index (χ0n) is 15.1. The normalized spacial score (nSPS) is 18.0. The predicted octanol–water partition coefficient (Wildman–Crippen LogP) is 3.63. The molecule has 6 nitrogen and oxygen atoms in total. The Labute approximate surface area is 171 Å². The summed E-state index contributed by atoms with van der Waals surface area (Å²) in [5.41, 5.74) is 10.3. The number of hydrogen-bond donors (Lipinski definition) is 2. The maximum Gasteiger partial charge on any atom is 0.129 e. The first-order valence-electron chi connectivity index (χ1n) is 8.59. The first kappa shape index (κ1) is 21.2. The van der Waals surface area contributed by atoms with E-state index < -0.39 is 0 Å². The molecule has 0 spiro atoms. The summed E-state index contributed by atoms with van der Waals surface area (Å²) < 4.78 is 1.89. The molecule has 2 aromatic heterocycles. The quantitative estimate of drug-likeness (QED) is 0.675. The number of aryl methyl sites for hydroxylation is 1. The van der Waals surface area contributed by atoms with Gasteiger partial charge in [0.25, 0.3) is 0 Å². The number of rotatable bonds is 5. The third kappa shape index (κ3) is 4.97. The molecule has 1 aromatic carbocycles. The average molecular weight is 407 g/mol. The second-order valence-electron chi connectivity index (χ2n) is 6.74. The summed E-state index contributed by atoms with van der Waals surface area (Å²) in [6.45, 7) is 2.75. The van der Waals surface area contributed by atoms with Crippen molar-refractivity contribution < 1.29 is 0 Å². The molecule has 3 N–H and O–H groups in total. The largest absolute Gasteiger partial charge is 0.366 e. The monoisotopic (exact) mass is 406 g/mol. The summed E-state index contributed by atoms with van der Waals surface area (Å²) in [4.78, 5) is 8.69. The van der Waals surface area contributed by atoms with Crippen LogP contribution in [0.4, 0.5) is 5.82 Å². The molecule has 0 radical (unpaired) electrons. The molecule has 4 rings (SSSR count). The van der Waals surface area contributed by atoms with E-state index in [4.69, 9.17) is 5.73 Å². The van der Waals surface area contributed by atoms with Crippen LogP contribution < -0.4 is 11.1 Å². The van der Waals surface area contributed by atoms with Crippen molar-refractivity contribution in [1.29, 1.82) is 0 Å². The molecule has 0 unspecified atom stereocenters. The summed E-state index contributed by atoms with van der Waals surface area (Å²) in [6.07, 6.45) is 7.56. The molecule has 1 saturated carbocycles. The molecule has 8 heteroatoms. The number of aromatic nitrogens is 4. The number of nitrogens with zero attached hydrogens (tertiary/aromatic N) is 4. The Kier molecular flexibility index (Phi) is 7.18. The van der Waals surface area contributed by atoms with Crippen LogP contribution in [0, 0.1) is 6.92 Å². The Bertz CT molecular complexity index is 876. The van der Waals surface area contributed by atoms with E-state index in [1.165, 1.54) is 5.56 Å². The third-order valence-corrected chi connectivity index (χ3v) is 4.66. The van der Waals surface area contributed by atoms with Crippen molar-refractivity contribution in [3.8, 4) is 5.69 Å². The molecule has 27 heavy (non-hydrogen) atoms. The van der Waals surface area contributed by atoms with Crippen LogP contribution in [0.25, 0.3) is 5.69 Å². The van der Waals surface area contributed by atoms with Crippen molar-refractivity contribution in [3.05, 3.63) is 65.9 Å². The molecule has 3 aromatic rings. The fourth-order valence-corrected chi connectivity index (χ4v) is 3.15. The molecule has 2 heterocycles. The number of anilines is 1. The minimum Gasteiger partial charge on any atom is -0.366 e. The number of nitrogens with two attached hydrogens (primary N) is 1. The topological polar surface area (TPSA) is 81.7 Å². The van der Waals surface area contributed by atoms with Crippen LogP contribution >= 0.6 is 24.8 Å². The van der Waals surface area contributed by atoms with E-state index in [0.29, 0.717) is 18.5 Å². The lowest BCUT2D eigenvalue weighted by atomic mass is 9.79. The van der Waals surface area contributed by atoms with Crippen molar-refractivity contribution in [3.63, 3.8) is 0 Å². The van der Waals surface area contributed by atoms with Gasteiger partial charge >= 0.3 is 0 Å². The van der Waals surface area contributed by atoms with Crippen molar-refractivity contribution in [2.75, 3.05) is 5.32 Å². The summed E-state index contributed by atoms with van der Waals surface area (Å²) in [6, 6.07) is 10.6. The summed E-state index contributed by atoms with van der Waals surface area (Å²) in [7, 11) is 0. The minimum atomic E-state index is 0. The smallest absolute Gasteiger partial charge is 0.129 e. The molecule has 0 bridgehead atoms. The van der Waals surface area contributed by atoms with Crippen molar-refractivity contribution in [2.24, 2.45) is 5.73 Å². The van der Waals surface area contributed by atoms with E-state index in [1.807, 2.05) is 29.2 Å². The maximum absolute atomic E-state index is 5.87. The summed E-state index contributed by atoms with van der Waals surface area (Å²) in [5, 5.41) is 7.80. The molecule has 0 aliphatic heterocycles. The third-order valence-electron chi connectivity index (χ3n) is 4.66. The number of hydrogen-bond acceptors (Lipinski definition) is 5. The first-order chi connectivity index (χ1) is 12.2. The van der Waals surface area contributed by atoms with Crippen LogP contribution in [-0.2, 0) is 6.54 Å². The lowest BCUT2D eigenvalue weighted by Gasteiger charge is -2.31. The van der Waals surface area contributed by atoms with Crippen LogP contribution in [0.2, 0.25) is 0 Å². The highest BCUT2D eigenvalue weighted by molar-refractivity contribution is 5.85. The zero-order valence-corrected chi connectivity index (χ0v) is 16.7. The Morgan fingerprint density at radius 3 is 2.74 bits per heavy atom. The molecule has 0 saturated heterocycles. The Balaban J connectivity index is 0.00000131. The van der Waals surface area contributed by atoms with E-state index in [-0.39, 0.29) is 24.8 Å². The average Bonchev–Trinajstić information content (AvgIpc) is 3.07. The van der Waals surface area contributed by atoms with Crippen molar-refractivity contribution >= 4 is 30.6 Å². The highest BCUT2D eigenvalue weighted by atomic mass is 35.5. The molecule has 1 aliphatic rings. The molecule has 1 aliphatic carbocycles. The second-order valence-corrected chi connectivity index (χ2v) is 6.74. The van der Waals surface area contributed by atoms with Crippen LogP contribution in [0.15, 0.2) is 49.1 Å². The van der Waals surface area contributed by atoms with Gasteiger partial charge < -0.3 is 11.1 Å². The Hall–Kier alpha value is -2.15. The second kappa shape index (κ2) is 9.17. The van der Waals surface area contributed by atoms with Crippen LogP contribution in [-0.4, -0.2) is 25.8 Å². The van der Waals surface area contributed by atoms with Crippen molar-refractivity contribution in [1.82, 2.24) is 19.7 Å². The molecular weight excluding hydrogens is 383 g/mol. The summed E-state index contributed by atoms with van der Waals surface area (Å²) in [5.74, 6) is 1.32. The van der Waals surface area contributed by atoms with E-state index >= 15 is 0 Å². The minimum absolute atomic E-state index is 0. The fourth-order valence-electron chi connectivity index (χ4n) is 3.15. The van der Waals surface area contributed by atoms with E-state index in [9.17, 15) is 0 Å². The Morgan fingerprint density at radius 1 is 1.19 bits per heavy atom. The standard InChI is InChI=1S/C19H22N6.2ClH/c1-13-3-2-4-17(5-13)25-11-14(10-24-25)9-21-19-8-18(22-12-23-19)15-6-16(20)7-15;;/h2-5,8,10-12,15-16H,6-7,9,20H2,1H3,(H,21,22,23);2*1H. The van der Waals surface area contributed by atoms with Crippen LogP contribution in [0.3, 0.4) is 0 Å². The van der Waals surface area contributed by atoms with Gasteiger partial charge in [-0.05, 0) is 37.5 Å². The van der Waals surface area contributed by atoms with Crippen molar-refractivity contribution in [2.45, 2.75) is 38.3 Å².